The van der Waals surface area contributed by atoms with Crippen molar-refractivity contribution < 1.29 is 27.4 Å². The second kappa shape index (κ2) is 12.5. The van der Waals surface area contributed by atoms with Gasteiger partial charge in [-0.2, -0.15) is 0 Å². The van der Waals surface area contributed by atoms with Gasteiger partial charge < -0.3 is 19.9 Å². The van der Waals surface area contributed by atoms with Crippen molar-refractivity contribution in [1.82, 2.24) is 0 Å². The van der Waals surface area contributed by atoms with E-state index >= 15 is 0 Å². The van der Waals surface area contributed by atoms with E-state index in [0.717, 1.165) is 28.0 Å². The van der Waals surface area contributed by atoms with Crippen molar-refractivity contribution in [1.29, 1.82) is 0 Å². The minimum Gasteiger partial charge on any atom is -0.493 e. The van der Waals surface area contributed by atoms with Crippen molar-refractivity contribution in [2.75, 3.05) is 19.9 Å². The van der Waals surface area contributed by atoms with E-state index in [1.54, 1.807) is 25.4 Å². The number of rotatable bonds is 7. The number of halogens is 3. The first-order valence-corrected chi connectivity index (χ1v) is 10.6. The lowest BCUT2D eigenvalue weighted by Crippen LogP contribution is -2.17. The first-order valence-electron chi connectivity index (χ1n) is 10.6. The number of benzene rings is 3. The monoisotopic (exact) mass is 486 g/mol. The van der Waals surface area contributed by atoms with Crippen LogP contribution in [0.5, 0.6) is 17.2 Å². The Balaban J connectivity index is 0.000000328. The van der Waals surface area contributed by atoms with E-state index in [2.05, 4.69) is 22.4 Å². The topological polar surface area (TPSA) is 66.1 Å². The number of nitrogens with two attached hydrogens (primary N) is 1. The van der Waals surface area contributed by atoms with Crippen LogP contribution < -0.4 is 19.9 Å². The average molecular weight is 487 g/mol. The number of ether oxygens (including phenoxy) is 3. The minimum atomic E-state index is -4.70. The van der Waals surface area contributed by atoms with Gasteiger partial charge in [-0.3, -0.25) is 4.99 Å². The van der Waals surface area contributed by atoms with Gasteiger partial charge in [0.15, 0.2) is 11.5 Å². The van der Waals surface area contributed by atoms with E-state index in [-0.39, 0.29) is 12.4 Å². The van der Waals surface area contributed by atoms with Crippen LogP contribution in [0.25, 0.3) is 5.57 Å². The molecular weight excluding hydrogens is 457 g/mol. The molecule has 0 fully saturated rings. The Kier molecular flexibility index (Phi) is 9.75. The van der Waals surface area contributed by atoms with Crippen LogP contribution >= 0.6 is 0 Å². The smallest absolute Gasteiger partial charge is 0.493 e. The molecule has 8 heteroatoms. The van der Waals surface area contributed by atoms with Gasteiger partial charge in [-0.25, -0.2) is 0 Å². The molecule has 0 aromatic heterocycles. The van der Waals surface area contributed by atoms with Gasteiger partial charge in [-0.15, -0.1) is 13.2 Å². The molecule has 0 amide bonds. The molecule has 2 N–H and O–H groups in total. The maximum Gasteiger partial charge on any atom is 0.573 e. The Bertz CT molecular complexity index is 1160. The lowest BCUT2D eigenvalue weighted by atomic mass is 10.1. The molecule has 0 atom stereocenters. The van der Waals surface area contributed by atoms with Crippen LogP contribution in [0.4, 0.5) is 18.9 Å². The number of nitrogens with zero attached hydrogens (tertiary/aromatic N) is 1. The number of hydrogen-bond donors (Lipinski definition) is 1. The zero-order chi connectivity index (χ0) is 26.0. The van der Waals surface area contributed by atoms with E-state index in [1.165, 1.54) is 31.4 Å². The molecule has 0 heterocycles. The molecule has 0 bridgehead atoms. The number of nitrogen functional groups attached to an aromatic ring is 1. The summed E-state index contributed by atoms with van der Waals surface area (Å²) in [6.07, 6.45) is -3.01. The van der Waals surface area contributed by atoms with Gasteiger partial charge in [0.25, 0.3) is 0 Å². The summed E-state index contributed by atoms with van der Waals surface area (Å²) in [5.41, 5.74) is 11.4. The molecule has 3 aromatic carbocycles. The third kappa shape index (κ3) is 9.08. The van der Waals surface area contributed by atoms with E-state index < -0.39 is 6.36 Å². The van der Waals surface area contributed by atoms with E-state index in [9.17, 15) is 13.2 Å². The van der Waals surface area contributed by atoms with Crippen LogP contribution in [-0.4, -0.2) is 26.7 Å². The molecule has 186 valence electrons. The quantitative estimate of drug-likeness (QED) is 0.294. The minimum absolute atomic E-state index is 0.184. The van der Waals surface area contributed by atoms with Crippen LogP contribution in [0.3, 0.4) is 0 Å². The maximum atomic E-state index is 12.1. The number of anilines is 1. The standard InChI is InChI=1S/C17H16F3NO3.C10H13N/c1-21-10-13-5-8-15(16(9-13)22-2)23-11-12-3-6-14(7-4-12)24-17(18,19)20;1-7(2)9-4-5-10(11)8(3)6-9/h3-10H,11H2,1-2H3;4-6H,1,11H2,2-3H3. The van der Waals surface area contributed by atoms with Crippen molar-refractivity contribution in [2.24, 2.45) is 4.99 Å². The predicted molar refractivity (Wildman–Crippen MR) is 134 cm³/mol. The van der Waals surface area contributed by atoms with Gasteiger partial charge in [0.1, 0.15) is 12.4 Å². The Hall–Kier alpha value is -3.94. The summed E-state index contributed by atoms with van der Waals surface area (Å²) >= 11 is 0. The highest BCUT2D eigenvalue weighted by molar-refractivity contribution is 5.80. The fraction of sp³-hybridized carbons (Fsp3) is 0.222. The molecule has 35 heavy (non-hydrogen) atoms. The third-order valence-corrected chi connectivity index (χ3v) is 4.78. The second-order valence-electron chi connectivity index (χ2n) is 7.63. The van der Waals surface area contributed by atoms with E-state index in [1.807, 2.05) is 32.0 Å². The first kappa shape index (κ1) is 27.3. The summed E-state index contributed by atoms with van der Waals surface area (Å²) in [5.74, 6) is 0.804. The zero-order valence-electron chi connectivity index (χ0n) is 20.1. The fourth-order valence-corrected chi connectivity index (χ4v) is 2.92. The largest absolute Gasteiger partial charge is 0.573 e. The Labute approximate surface area is 203 Å². The first-order chi connectivity index (χ1) is 16.5. The van der Waals surface area contributed by atoms with Crippen molar-refractivity contribution in [3.8, 4) is 17.2 Å². The maximum absolute atomic E-state index is 12.1. The second-order valence-corrected chi connectivity index (χ2v) is 7.63. The molecule has 3 rings (SSSR count). The van der Waals surface area contributed by atoms with E-state index in [4.69, 9.17) is 15.2 Å². The number of methoxy groups -OCH3 is 1. The molecule has 0 aliphatic carbocycles. The molecule has 0 spiro atoms. The predicted octanol–water partition coefficient (Wildman–Crippen LogP) is 6.83. The molecule has 3 aromatic rings. The number of aliphatic imine (C=N–C) groups is 1. The Morgan fingerprint density at radius 2 is 1.71 bits per heavy atom. The molecule has 0 unspecified atom stereocenters. The Morgan fingerprint density at radius 3 is 2.26 bits per heavy atom. The van der Waals surface area contributed by atoms with Gasteiger partial charge in [0, 0.05) is 18.9 Å². The summed E-state index contributed by atoms with van der Waals surface area (Å²) < 4.78 is 51.1. The van der Waals surface area contributed by atoms with Gasteiger partial charge >= 0.3 is 6.36 Å². The van der Waals surface area contributed by atoms with Crippen LogP contribution in [0.15, 0.2) is 72.2 Å². The highest BCUT2D eigenvalue weighted by Gasteiger charge is 2.30. The summed E-state index contributed by atoms with van der Waals surface area (Å²) in [6.45, 7) is 8.03. The van der Waals surface area contributed by atoms with Crippen molar-refractivity contribution >= 4 is 17.5 Å². The lowest BCUT2D eigenvalue weighted by Gasteiger charge is -2.12. The molecule has 0 saturated heterocycles. The van der Waals surface area contributed by atoms with E-state index in [0.29, 0.717) is 17.1 Å². The molecule has 0 aliphatic heterocycles. The fourth-order valence-electron chi connectivity index (χ4n) is 2.92. The molecule has 0 saturated carbocycles. The Morgan fingerprint density at radius 1 is 1.03 bits per heavy atom. The normalized spacial score (nSPS) is 10.9. The summed E-state index contributed by atoms with van der Waals surface area (Å²) in [6, 6.07) is 16.8. The number of hydrogen-bond acceptors (Lipinski definition) is 5. The molecule has 5 nitrogen and oxygen atoms in total. The zero-order valence-corrected chi connectivity index (χ0v) is 20.1. The van der Waals surface area contributed by atoms with Crippen LogP contribution in [-0.2, 0) is 6.61 Å². The number of allylic oxidation sites excluding steroid dienone is 1. The van der Waals surface area contributed by atoms with Crippen LogP contribution in [0.1, 0.15) is 29.2 Å². The number of alkyl halides is 3. The van der Waals surface area contributed by atoms with Gasteiger partial charge in [-0.05, 0) is 78.6 Å². The highest BCUT2D eigenvalue weighted by Crippen LogP contribution is 2.29. The SMILES string of the molecule is C=C(C)c1ccc(N)c(C)c1.CN=Cc1ccc(OCc2ccc(OC(F)(F)F)cc2)c(OC)c1. The third-order valence-electron chi connectivity index (χ3n) is 4.78. The van der Waals surface area contributed by atoms with Crippen molar-refractivity contribution in [2.45, 2.75) is 26.8 Å². The molecule has 0 radical (unpaired) electrons. The van der Waals surface area contributed by atoms with Gasteiger partial charge in [-0.1, -0.05) is 30.4 Å². The van der Waals surface area contributed by atoms with Crippen molar-refractivity contribution in [3.63, 3.8) is 0 Å². The summed E-state index contributed by atoms with van der Waals surface area (Å²) in [7, 11) is 3.20. The van der Waals surface area contributed by atoms with Crippen molar-refractivity contribution in [3.05, 3.63) is 89.5 Å². The van der Waals surface area contributed by atoms with Gasteiger partial charge in [0.05, 0.1) is 7.11 Å². The lowest BCUT2D eigenvalue weighted by molar-refractivity contribution is -0.274. The summed E-state index contributed by atoms with van der Waals surface area (Å²) in [4.78, 5) is 3.92. The molecular formula is C27H29F3N2O3. The van der Waals surface area contributed by atoms with Crippen LogP contribution in [0.2, 0.25) is 0 Å². The van der Waals surface area contributed by atoms with Crippen LogP contribution in [0, 0.1) is 6.92 Å². The highest BCUT2D eigenvalue weighted by atomic mass is 19.4. The van der Waals surface area contributed by atoms with Gasteiger partial charge in [0.2, 0.25) is 0 Å². The summed E-state index contributed by atoms with van der Waals surface area (Å²) in [5, 5.41) is 0. The molecule has 0 aliphatic rings. The number of aryl methyl sites for hydroxylation is 1. The average Bonchev–Trinajstić information content (AvgIpc) is 2.80.